The minimum Gasteiger partial charge on any atom is -0.424 e. The van der Waals surface area contributed by atoms with Crippen molar-refractivity contribution in [1.29, 1.82) is 0 Å². The van der Waals surface area contributed by atoms with Gasteiger partial charge in [-0.15, -0.1) is 11.3 Å². The topological polar surface area (TPSA) is 97.3 Å². The van der Waals surface area contributed by atoms with Crippen molar-refractivity contribution >= 4 is 34.0 Å². The van der Waals surface area contributed by atoms with Gasteiger partial charge in [-0.1, -0.05) is 0 Å². The second-order valence-corrected chi connectivity index (χ2v) is 6.99. The van der Waals surface area contributed by atoms with Crippen LogP contribution in [-0.4, -0.2) is 33.3 Å². The van der Waals surface area contributed by atoms with E-state index in [-0.39, 0.29) is 24.2 Å². The highest BCUT2D eigenvalue weighted by molar-refractivity contribution is 7.14. The van der Waals surface area contributed by atoms with Crippen LogP contribution >= 0.6 is 11.3 Å². The maximum Gasteiger partial charge on any atom is 0.321 e. The first-order chi connectivity index (χ1) is 13.7. The molecule has 3 heterocycles. The van der Waals surface area contributed by atoms with E-state index in [2.05, 4.69) is 20.3 Å². The number of nitrogens with zero attached hydrogens (tertiary/aromatic N) is 4. The van der Waals surface area contributed by atoms with Crippen molar-refractivity contribution in [3.05, 3.63) is 53.8 Å². The minimum atomic E-state index is -0.176. The summed E-state index contributed by atoms with van der Waals surface area (Å²) in [5, 5.41) is 5.31. The SMILES string of the molecule is O=C(Cc1csc(N2CCCC2=O)n1)Nc1ccc(Oc2ncccn2)cc1. The third-order valence-electron chi connectivity index (χ3n) is 4.07. The molecule has 0 unspecified atom stereocenters. The molecule has 3 aromatic rings. The zero-order valence-electron chi connectivity index (χ0n) is 14.9. The van der Waals surface area contributed by atoms with E-state index >= 15 is 0 Å². The normalized spacial score (nSPS) is 13.6. The van der Waals surface area contributed by atoms with Crippen LogP contribution in [0.1, 0.15) is 18.5 Å². The number of amides is 2. The molecule has 2 amide bonds. The number of thiazole rings is 1. The molecule has 28 heavy (non-hydrogen) atoms. The van der Waals surface area contributed by atoms with Gasteiger partial charge in [-0.3, -0.25) is 14.5 Å². The molecule has 2 aromatic heterocycles. The molecule has 0 saturated carbocycles. The fourth-order valence-corrected chi connectivity index (χ4v) is 3.64. The van der Waals surface area contributed by atoms with Crippen LogP contribution in [0.2, 0.25) is 0 Å². The van der Waals surface area contributed by atoms with Crippen LogP contribution in [0, 0.1) is 0 Å². The molecule has 1 aliphatic rings. The number of hydrogen-bond donors (Lipinski definition) is 1. The highest BCUT2D eigenvalue weighted by Crippen LogP contribution is 2.25. The zero-order valence-corrected chi connectivity index (χ0v) is 15.7. The molecular formula is C19H17N5O3S. The lowest BCUT2D eigenvalue weighted by molar-refractivity contribution is -0.117. The first-order valence-corrected chi connectivity index (χ1v) is 9.65. The predicted molar refractivity (Wildman–Crippen MR) is 105 cm³/mol. The fraction of sp³-hybridized carbons (Fsp3) is 0.211. The summed E-state index contributed by atoms with van der Waals surface area (Å²) in [6, 6.07) is 8.91. The fourth-order valence-electron chi connectivity index (χ4n) is 2.77. The van der Waals surface area contributed by atoms with Crippen molar-refractivity contribution in [3.63, 3.8) is 0 Å². The molecule has 1 N–H and O–H groups in total. The van der Waals surface area contributed by atoms with Crippen molar-refractivity contribution in [1.82, 2.24) is 15.0 Å². The number of rotatable bonds is 6. The van der Waals surface area contributed by atoms with Crippen molar-refractivity contribution in [2.45, 2.75) is 19.3 Å². The summed E-state index contributed by atoms with van der Waals surface area (Å²) in [5.41, 5.74) is 1.30. The summed E-state index contributed by atoms with van der Waals surface area (Å²) in [4.78, 5) is 38.1. The molecule has 0 bridgehead atoms. The molecule has 142 valence electrons. The summed E-state index contributed by atoms with van der Waals surface area (Å²) in [6.45, 7) is 0.695. The maximum absolute atomic E-state index is 12.3. The van der Waals surface area contributed by atoms with E-state index in [4.69, 9.17) is 4.74 Å². The standard InChI is InChI=1S/C19H17N5O3S/c25-16(11-14-12-28-19(23-14)24-10-1-3-17(24)26)22-13-4-6-15(7-5-13)27-18-20-8-2-9-21-18/h2,4-9,12H,1,3,10-11H2,(H,22,25). The van der Waals surface area contributed by atoms with Crippen molar-refractivity contribution in [3.8, 4) is 11.8 Å². The van der Waals surface area contributed by atoms with E-state index in [0.29, 0.717) is 35.2 Å². The van der Waals surface area contributed by atoms with Gasteiger partial charge in [0.15, 0.2) is 5.13 Å². The minimum absolute atomic E-state index is 0.0913. The molecule has 1 fully saturated rings. The zero-order chi connectivity index (χ0) is 19.3. The molecule has 1 saturated heterocycles. The summed E-state index contributed by atoms with van der Waals surface area (Å²) in [5.74, 6) is 0.488. The third-order valence-corrected chi connectivity index (χ3v) is 4.99. The highest BCUT2D eigenvalue weighted by atomic mass is 32.1. The second-order valence-electron chi connectivity index (χ2n) is 6.15. The second kappa shape index (κ2) is 8.13. The molecule has 1 aromatic carbocycles. The van der Waals surface area contributed by atoms with E-state index in [0.717, 1.165) is 6.42 Å². The molecular weight excluding hydrogens is 378 g/mol. The molecule has 1 aliphatic heterocycles. The first-order valence-electron chi connectivity index (χ1n) is 8.77. The van der Waals surface area contributed by atoms with Crippen LogP contribution < -0.4 is 15.0 Å². The Bertz CT molecular complexity index is 975. The highest BCUT2D eigenvalue weighted by Gasteiger charge is 2.24. The molecule has 8 nitrogen and oxygen atoms in total. The predicted octanol–water partition coefficient (Wildman–Crippen LogP) is 3.03. The Morgan fingerprint density at radius 3 is 2.71 bits per heavy atom. The molecule has 0 aliphatic carbocycles. The van der Waals surface area contributed by atoms with Crippen LogP contribution in [0.4, 0.5) is 10.8 Å². The van der Waals surface area contributed by atoms with Crippen LogP contribution in [0.5, 0.6) is 11.8 Å². The summed E-state index contributed by atoms with van der Waals surface area (Å²) < 4.78 is 5.52. The number of carbonyl (C=O) groups excluding carboxylic acids is 2. The molecule has 0 radical (unpaired) electrons. The number of aromatic nitrogens is 3. The van der Waals surface area contributed by atoms with Crippen molar-refractivity contribution in [2.24, 2.45) is 0 Å². The van der Waals surface area contributed by atoms with E-state index in [1.165, 1.54) is 11.3 Å². The first kappa shape index (κ1) is 18.1. The summed E-state index contributed by atoms with van der Waals surface area (Å²) in [7, 11) is 0. The van der Waals surface area contributed by atoms with Gasteiger partial charge in [0.05, 0.1) is 12.1 Å². The smallest absolute Gasteiger partial charge is 0.321 e. The van der Waals surface area contributed by atoms with Crippen LogP contribution in [-0.2, 0) is 16.0 Å². The Morgan fingerprint density at radius 2 is 2.00 bits per heavy atom. The number of anilines is 2. The van der Waals surface area contributed by atoms with Gasteiger partial charge in [-0.25, -0.2) is 15.0 Å². The van der Waals surface area contributed by atoms with Crippen LogP contribution in [0.3, 0.4) is 0 Å². The lowest BCUT2D eigenvalue weighted by Crippen LogP contribution is -2.23. The van der Waals surface area contributed by atoms with E-state index < -0.39 is 0 Å². The van der Waals surface area contributed by atoms with Crippen molar-refractivity contribution in [2.75, 3.05) is 16.8 Å². The van der Waals surface area contributed by atoms with Gasteiger partial charge >= 0.3 is 6.01 Å². The lowest BCUT2D eigenvalue weighted by atomic mass is 10.2. The number of nitrogens with one attached hydrogen (secondary N) is 1. The van der Waals surface area contributed by atoms with E-state index in [1.807, 2.05) is 5.38 Å². The van der Waals surface area contributed by atoms with Gasteiger partial charge < -0.3 is 10.1 Å². The third kappa shape index (κ3) is 4.32. The van der Waals surface area contributed by atoms with Gasteiger partial charge in [-0.2, -0.15) is 0 Å². The Hall–Kier alpha value is -3.33. The molecule has 4 rings (SSSR count). The van der Waals surface area contributed by atoms with Gasteiger partial charge in [-0.05, 0) is 36.8 Å². The Labute approximate surface area is 165 Å². The van der Waals surface area contributed by atoms with Crippen molar-refractivity contribution < 1.29 is 14.3 Å². The Kier molecular flexibility index (Phi) is 5.24. The quantitative estimate of drug-likeness (QED) is 0.689. The average molecular weight is 395 g/mol. The van der Waals surface area contributed by atoms with Gasteiger partial charge in [0.2, 0.25) is 11.8 Å². The Balaban J connectivity index is 1.32. The summed E-state index contributed by atoms with van der Waals surface area (Å²) in [6.07, 6.45) is 4.76. The number of carbonyl (C=O) groups is 2. The molecule has 0 atom stereocenters. The molecule has 9 heteroatoms. The number of benzene rings is 1. The number of hydrogen-bond acceptors (Lipinski definition) is 7. The van der Waals surface area contributed by atoms with Crippen LogP contribution in [0.15, 0.2) is 48.1 Å². The molecule has 0 spiro atoms. The van der Waals surface area contributed by atoms with Crippen LogP contribution in [0.25, 0.3) is 0 Å². The summed E-state index contributed by atoms with van der Waals surface area (Å²) >= 11 is 1.39. The van der Waals surface area contributed by atoms with Gasteiger partial charge in [0.25, 0.3) is 0 Å². The lowest BCUT2D eigenvalue weighted by Gasteiger charge is -2.10. The number of ether oxygens (including phenoxy) is 1. The van der Waals surface area contributed by atoms with E-state index in [1.54, 1.807) is 47.6 Å². The largest absolute Gasteiger partial charge is 0.424 e. The average Bonchev–Trinajstić information content (AvgIpc) is 3.33. The maximum atomic E-state index is 12.3. The monoisotopic (exact) mass is 395 g/mol. The Morgan fingerprint density at radius 1 is 1.21 bits per heavy atom. The van der Waals surface area contributed by atoms with E-state index in [9.17, 15) is 9.59 Å². The van der Waals surface area contributed by atoms with Gasteiger partial charge in [0.1, 0.15) is 5.75 Å². The van der Waals surface area contributed by atoms with Gasteiger partial charge in [0, 0.05) is 36.4 Å².